The van der Waals surface area contributed by atoms with Crippen LogP contribution in [0.2, 0.25) is 0 Å². The van der Waals surface area contributed by atoms with Crippen molar-refractivity contribution >= 4 is 21.8 Å². The van der Waals surface area contributed by atoms with Gasteiger partial charge in [-0.2, -0.15) is 0 Å². The van der Waals surface area contributed by atoms with Gasteiger partial charge in [0.2, 0.25) is 15.9 Å². The zero-order valence-corrected chi connectivity index (χ0v) is 20.0. The van der Waals surface area contributed by atoms with Crippen LogP contribution in [0.25, 0.3) is 0 Å². The van der Waals surface area contributed by atoms with Crippen LogP contribution in [0, 0.1) is 13.8 Å². The summed E-state index contributed by atoms with van der Waals surface area (Å²) < 4.78 is 27.9. The first kappa shape index (κ1) is 23.4. The molecule has 4 rings (SSSR count). The number of benzene rings is 2. The molecule has 0 heterocycles. The fourth-order valence-corrected chi connectivity index (χ4v) is 5.13. The number of nitrogens with zero attached hydrogens (tertiary/aromatic N) is 1. The number of nitrogens with one attached hydrogen (secondary N) is 2. The van der Waals surface area contributed by atoms with E-state index in [2.05, 4.69) is 10.0 Å². The molecule has 0 saturated heterocycles. The lowest BCUT2D eigenvalue weighted by atomic mass is 10.1. The number of sulfonamides is 1. The van der Waals surface area contributed by atoms with Crippen LogP contribution in [0.15, 0.2) is 47.4 Å². The van der Waals surface area contributed by atoms with E-state index < -0.39 is 10.0 Å². The van der Waals surface area contributed by atoms with Crippen molar-refractivity contribution in [1.82, 2.24) is 14.9 Å². The van der Waals surface area contributed by atoms with E-state index in [1.54, 1.807) is 31.2 Å². The molecule has 2 aliphatic carbocycles. The van der Waals surface area contributed by atoms with Gasteiger partial charge in [0, 0.05) is 37.2 Å². The third kappa shape index (κ3) is 6.21. The molecule has 7 nitrogen and oxygen atoms in total. The van der Waals surface area contributed by atoms with Gasteiger partial charge in [-0.25, -0.2) is 13.1 Å². The Labute approximate surface area is 195 Å². The number of aryl methyl sites for hydroxylation is 2. The van der Waals surface area contributed by atoms with Gasteiger partial charge in [0.1, 0.15) is 0 Å². The molecule has 0 bridgehead atoms. The summed E-state index contributed by atoms with van der Waals surface area (Å²) in [4.78, 5) is 27.1. The van der Waals surface area contributed by atoms with Gasteiger partial charge < -0.3 is 10.2 Å². The maximum atomic E-state index is 12.9. The van der Waals surface area contributed by atoms with Gasteiger partial charge in [0.15, 0.2) is 0 Å². The Morgan fingerprint density at radius 2 is 1.70 bits per heavy atom. The second-order valence-corrected chi connectivity index (χ2v) is 10.8. The summed E-state index contributed by atoms with van der Waals surface area (Å²) in [5, 5.41) is 2.97. The third-order valence-corrected chi connectivity index (χ3v) is 7.66. The second-order valence-electron chi connectivity index (χ2n) is 9.11. The highest BCUT2D eigenvalue weighted by Crippen LogP contribution is 2.29. The molecular weight excluding hydrogens is 438 g/mol. The molecule has 2 aliphatic rings. The lowest BCUT2D eigenvalue weighted by molar-refractivity contribution is -0.132. The van der Waals surface area contributed by atoms with Crippen molar-refractivity contribution in [2.45, 2.75) is 69.5 Å². The summed E-state index contributed by atoms with van der Waals surface area (Å²) in [7, 11) is -3.67. The number of amides is 2. The molecule has 2 aromatic rings. The van der Waals surface area contributed by atoms with Crippen LogP contribution in [0.3, 0.4) is 0 Å². The molecule has 0 aromatic heterocycles. The highest BCUT2D eigenvalue weighted by atomic mass is 32.2. The van der Waals surface area contributed by atoms with Gasteiger partial charge >= 0.3 is 0 Å². The summed E-state index contributed by atoms with van der Waals surface area (Å²) in [6.45, 7) is 4.12. The van der Waals surface area contributed by atoms with Gasteiger partial charge in [-0.1, -0.05) is 24.3 Å². The summed E-state index contributed by atoms with van der Waals surface area (Å²) in [6, 6.07) is 13.2. The van der Waals surface area contributed by atoms with Crippen LogP contribution in [0.1, 0.15) is 59.2 Å². The normalized spacial score (nSPS) is 15.8. The molecule has 33 heavy (non-hydrogen) atoms. The Kier molecular flexibility index (Phi) is 6.86. The first-order valence-corrected chi connectivity index (χ1v) is 13.0. The highest BCUT2D eigenvalue weighted by molar-refractivity contribution is 7.89. The molecule has 0 atom stereocenters. The average molecular weight is 470 g/mol. The van der Waals surface area contributed by atoms with Crippen molar-refractivity contribution in [3.05, 3.63) is 64.7 Å². The zero-order valence-electron chi connectivity index (χ0n) is 19.1. The molecule has 8 heteroatoms. The van der Waals surface area contributed by atoms with Crippen LogP contribution >= 0.6 is 0 Å². The van der Waals surface area contributed by atoms with E-state index >= 15 is 0 Å². The first-order valence-electron chi connectivity index (χ1n) is 11.5. The largest absolute Gasteiger partial charge is 0.349 e. The van der Waals surface area contributed by atoms with Crippen molar-refractivity contribution < 1.29 is 18.0 Å². The highest BCUT2D eigenvalue weighted by Gasteiger charge is 2.32. The van der Waals surface area contributed by atoms with E-state index in [0.717, 1.165) is 36.8 Å². The number of hydrogen-bond donors (Lipinski definition) is 2. The van der Waals surface area contributed by atoms with Gasteiger partial charge in [-0.05, 0) is 74.4 Å². The Morgan fingerprint density at radius 1 is 1.00 bits per heavy atom. The van der Waals surface area contributed by atoms with E-state index in [-0.39, 0.29) is 35.7 Å². The minimum Gasteiger partial charge on any atom is -0.349 e. The van der Waals surface area contributed by atoms with Crippen molar-refractivity contribution in [3.63, 3.8) is 0 Å². The monoisotopic (exact) mass is 469 g/mol. The lowest BCUT2D eigenvalue weighted by Gasteiger charge is -2.23. The predicted octanol–water partition coefficient (Wildman–Crippen LogP) is 3.06. The SMILES string of the molecule is Cc1ccc(C)c(S(=O)(=O)NCCC(=O)N(Cc2ccc(C(=O)NC3CC3)cc2)C2CC2)c1. The molecule has 0 spiro atoms. The fraction of sp³-hybridized carbons (Fsp3) is 0.440. The smallest absolute Gasteiger partial charge is 0.251 e. The van der Waals surface area contributed by atoms with Crippen molar-refractivity contribution in [3.8, 4) is 0 Å². The maximum absolute atomic E-state index is 12.9. The van der Waals surface area contributed by atoms with Crippen molar-refractivity contribution in [1.29, 1.82) is 0 Å². The maximum Gasteiger partial charge on any atom is 0.251 e. The van der Waals surface area contributed by atoms with Gasteiger partial charge in [-0.3, -0.25) is 9.59 Å². The molecule has 0 unspecified atom stereocenters. The molecule has 2 N–H and O–H groups in total. The Bertz CT molecular complexity index is 1140. The van der Waals surface area contributed by atoms with Crippen LogP contribution < -0.4 is 10.0 Å². The molecule has 2 fully saturated rings. The minimum absolute atomic E-state index is 0.0536. The number of rotatable bonds is 10. The molecule has 0 aliphatic heterocycles. The molecule has 176 valence electrons. The number of carbonyl (C=O) groups excluding carboxylic acids is 2. The fourth-order valence-electron chi connectivity index (χ4n) is 3.77. The van der Waals surface area contributed by atoms with E-state index in [1.807, 2.05) is 30.0 Å². The molecule has 2 amide bonds. The lowest BCUT2D eigenvalue weighted by Crippen LogP contribution is -2.35. The van der Waals surface area contributed by atoms with E-state index in [9.17, 15) is 18.0 Å². The second kappa shape index (κ2) is 9.65. The predicted molar refractivity (Wildman–Crippen MR) is 126 cm³/mol. The quantitative estimate of drug-likeness (QED) is 0.559. The van der Waals surface area contributed by atoms with Crippen molar-refractivity contribution in [2.24, 2.45) is 0 Å². The Morgan fingerprint density at radius 3 is 2.33 bits per heavy atom. The summed E-state index contributed by atoms with van der Waals surface area (Å²) in [5.74, 6) is -0.132. The van der Waals surface area contributed by atoms with Gasteiger partial charge in [-0.15, -0.1) is 0 Å². The number of carbonyl (C=O) groups is 2. The minimum atomic E-state index is -3.67. The van der Waals surface area contributed by atoms with Crippen LogP contribution in [-0.4, -0.2) is 43.8 Å². The molecular formula is C25H31N3O4S. The van der Waals surface area contributed by atoms with E-state index in [0.29, 0.717) is 23.7 Å². The third-order valence-electron chi connectivity index (χ3n) is 6.05. The van der Waals surface area contributed by atoms with Crippen LogP contribution in [0.5, 0.6) is 0 Å². The zero-order chi connectivity index (χ0) is 23.6. The number of hydrogen-bond acceptors (Lipinski definition) is 4. The van der Waals surface area contributed by atoms with E-state index in [1.165, 1.54) is 0 Å². The Balaban J connectivity index is 1.33. The summed E-state index contributed by atoms with van der Waals surface area (Å²) in [6.07, 6.45) is 4.11. The average Bonchev–Trinajstić information content (AvgIpc) is 3.69. The van der Waals surface area contributed by atoms with Crippen LogP contribution in [-0.2, 0) is 21.4 Å². The van der Waals surface area contributed by atoms with Crippen LogP contribution in [0.4, 0.5) is 0 Å². The molecule has 2 saturated carbocycles. The Hall–Kier alpha value is -2.71. The van der Waals surface area contributed by atoms with Gasteiger partial charge in [0.25, 0.3) is 5.91 Å². The molecule has 0 radical (unpaired) electrons. The topological polar surface area (TPSA) is 95.6 Å². The first-order chi connectivity index (χ1) is 15.7. The van der Waals surface area contributed by atoms with Gasteiger partial charge in [0.05, 0.1) is 4.90 Å². The van der Waals surface area contributed by atoms with Crippen molar-refractivity contribution in [2.75, 3.05) is 6.54 Å². The summed E-state index contributed by atoms with van der Waals surface area (Å²) >= 11 is 0. The molecule has 2 aromatic carbocycles. The summed E-state index contributed by atoms with van der Waals surface area (Å²) in [5.41, 5.74) is 3.12. The standard InChI is InChI=1S/C25H31N3O4S/c1-17-3-4-18(2)23(15-17)33(31,32)26-14-13-24(29)28(22-11-12-22)16-19-5-7-20(8-6-19)25(30)27-21-9-10-21/h3-8,15,21-22,26H,9-14,16H2,1-2H3,(H,27,30). The van der Waals surface area contributed by atoms with E-state index in [4.69, 9.17) is 0 Å².